The molecule has 2 rings (SSSR count). The van der Waals surface area contributed by atoms with Gasteiger partial charge in [-0.05, 0) is 37.5 Å². The molecule has 1 aliphatic rings. The Balaban J connectivity index is 1.72. The molecule has 0 aromatic heterocycles. The number of aryl methyl sites for hydroxylation is 1. The van der Waals surface area contributed by atoms with Gasteiger partial charge in [0.2, 0.25) is 5.91 Å². The molecule has 1 aromatic rings. The van der Waals surface area contributed by atoms with E-state index in [-0.39, 0.29) is 11.9 Å². The topological polar surface area (TPSA) is 61.4 Å². The molecule has 0 aliphatic carbocycles. The lowest BCUT2D eigenvalue weighted by Gasteiger charge is -2.18. The van der Waals surface area contributed by atoms with Crippen LogP contribution in [0.2, 0.25) is 0 Å². The van der Waals surface area contributed by atoms with Crippen LogP contribution in [0.4, 0.5) is 0 Å². The number of carbonyl (C=O) groups is 1. The highest BCUT2D eigenvalue weighted by Gasteiger charge is 2.22. The molecule has 1 aliphatic heterocycles. The van der Waals surface area contributed by atoms with Crippen LogP contribution in [0.3, 0.4) is 0 Å². The predicted octanol–water partition coefficient (Wildman–Crippen LogP) is 1.19. The zero-order chi connectivity index (χ0) is 13.0. The van der Waals surface area contributed by atoms with Crippen LogP contribution < -0.4 is 10.6 Å². The van der Waals surface area contributed by atoms with E-state index in [1.165, 1.54) is 5.56 Å². The number of amides is 1. The number of phenols is 1. The molecule has 4 nitrogen and oxygen atoms in total. The second-order valence-electron chi connectivity index (χ2n) is 4.98. The summed E-state index contributed by atoms with van der Waals surface area (Å²) in [5.41, 5.74) is 1.22. The van der Waals surface area contributed by atoms with Crippen molar-refractivity contribution in [3.8, 4) is 5.75 Å². The van der Waals surface area contributed by atoms with Crippen LogP contribution in [0, 0.1) is 0 Å². The van der Waals surface area contributed by atoms with Crippen LogP contribution in [0.1, 0.15) is 25.3 Å². The lowest BCUT2D eigenvalue weighted by Crippen LogP contribution is -2.38. The van der Waals surface area contributed by atoms with E-state index in [4.69, 9.17) is 0 Å². The second kappa shape index (κ2) is 5.87. The standard InChI is InChI=1S/C14H20N2O2/c1-10(16-12-8-14(18)15-9-12)2-3-11-4-6-13(17)7-5-11/h4-7,10,12,16-17H,2-3,8-9H2,1H3,(H,15,18). The SMILES string of the molecule is CC(CCc1ccc(O)cc1)NC1CNC(=O)C1. The maximum Gasteiger partial charge on any atom is 0.221 e. The Hall–Kier alpha value is -1.55. The van der Waals surface area contributed by atoms with Gasteiger partial charge in [0, 0.05) is 25.0 Å². The summed E-state index contributed by atoms with van der Waals surface area (Å²) in [6, 6.07) is 7.98. The van der Waals surface area contributed by atoms with Crippen molar-refractivity contribution in [3.63, 3.8) is 0 Å². The Kier molecular flexibility index (Phi) is 4.20. The molecule has 1 amide bonds. The number of aromatic hydroxyl groups is 1. The first kappa shape index (κ1) is 12.9. The first-order chi connectivity index (χ1) is 8.63. The van der Waals surface area contributed by atoms with Gasteiger partial charge in [-0.3, -0.25) is 4.79 Å². The normalized spacial score (nSPS) is 20.7. The van der Waals surface area contributed by atoms with Gasteiger partial charge >= 0.3 is 0 Å². The third-order valence-corrected chi connectivity index (χ3v) is 3.30. The highest BCUT2D eigenvalue weighted by molar-refractivity contribution is 5.78. The third-order valence-electron chi connectivity index (χ3n) is 3.30. The van der Waals surface area contributed by atoms with Gasteiger partial charge in [0.25, 0.3) is 0 Å². The van der Waals surface area contributed by atoms with Crippen molar-refractivity contribution in [1.29, 1.82) is 0 Å². The van der Waals surface area contributed by atoms with E-state index < -0.39 is 0 Å². The molecule has 1 saturated heterocycles. The summed E-state index contributed by atoms with van der Waals surface area (Å²) >= 11 is 0. The Morgan fingerprint density at radius 1 is 1.44 bits per heavy atom. The Labute approximate surface area is 107 Å². The van der Waals surface area contributed by atoms with Gasteiger partial charge in [-0.1, -0.05) is 12.1 Å². The second-order valence-corrected chi connectivity index (χ2v) is 4.98. The lowest BCUT2D eigenvalue weighted by atomic mass is 10.1. The third kappa shape index (κ3) is 3.74. The molecule has 1 aromatic carbocycles. The van der Waals surface area contributed by atoms with Gasteiger partial charge < -0.3 is 15.7 Å². The van der Waals surface area contributed by atoms with Crippen LogP contribution >= 0.6 is 0 Å². The molecule has 0 saturated carbocycles. The molecular weight excluding hydrogens is 228 g/mol. The number of benzene rings is 1. The van der Waals surface area contributed by atoms with Crippen molar-refractivity contribution in [1.82, 2.24) is 10.6 Å². The van der Waals surface area contributed by atoms with E-state index in [1.807, 2.05) is 12.1 Å². The number of carbonyl (C=O) groups excluding carboxylic acids is 1. The lowest BCUT2D eigenvalue weighted by molar-refractivity contribution is -0.119. The predicted molar refractivity (Wildman–Crippen MR) is 70.4 cm³/mol. The summed E-state index contributed by atoms with van der Waals surface area (Å²) in [7, 11) is 0. The molecule has 98 valence electrons. The average molecular weight is 248 g/mol. The van der Waals surface area contributed by atoms with Gasteiger partial charge in [0.15, 0.2) is 0 Å². The van der Waals surface area contributed by atoms with Crippen LogP contribution in [0.5, 0.6) is 5.75 Å². The van der Waals surface area contributed by atoms with E-state index in [2.05, 4.69) is 17.6 Å². The van der Waals surface area contributed by atoms with E-state index in [0.29, 0.717) is 18.2 Å². The van der Waals surface area contributed by atoms with Gasteiger partial charge in [-0.15, -0.1) is 0 Å². The summed E-state index contributed by atoms with van der Waals surface area (Å²) in [6.45, 7) is 2.88. The van der Waals surface area contributed by atoms with Gasteiger partial charge in [0.05, 0.1) is 0 Å². The quantitative estimate of drug-likeness (QED) is 0.733. The van der Waals surface area contributed by atoms with Crippen molar-refractivity contribution >= 4 is 5.91 Å². The number of hydrogen-bond acceptors (Lipinski definition) is 3. The summed E-state index contributed by atoms with van der Waals surface area (Å²) in [4.78, 5) is 11.1. The fraction of sp³-hybridized carbons (Fsp3) is 0.500. The fourth-order valence-electron chi connectivity index (χ4n) is 2.25. The molecule has 0 radical (unpaired) electrons. The van der Waals surface area contributed by atoms with Gasteiger partial charge in [-0.2, -0.15) is 0 Å². The van der Waals surface area contributed by atoms with E-state index >= 15 is 0 Å². The van der Waals surface area contributed by atoms with E-state index in [9.17, 15) is 9.90 Å². The van der Waals surface area contributed by atoms with Crippen LogP contribution in [0.25, 0.3) is 0 Å². The first-order valence-electron chi connectivity index (χ1n) is 6.44. The molecular formula is C14H20N2O2. The van der Waals surface area contributed by atoms with Gasteiger partial charge in [0.1, 0.15) is 5.75 Å². The highest BCUT2D eigenvalue weighted by atomic mass is 16.3. The number of phenolic OH excluding ortho intramolecular Hbond substituents is 1. The minimum absolute atomic E-state index is 0.137. The fourth-order valence-corrected chi connectivity index (χ4v) is 2.25. The monoisotopic (exact) mass is 248 g/mol. The maximum absolute atomic E-state index is 11.1. The average Bonchev–Trinajstić information content (AvgIpc) is 2.74. The Morgan fingerprint density at radius 2 is 2.17 bits per heavy atom. The molecule has 3 N–H and O–H groups in total. The highest BCUT2D eigenvalue weighted by Crippen LogP contribution is 2.12. The minimum Gasteiger partial charge on any atom is -0.508 e. The molecule has 0 bridgehead atoms. The maximum atomic E-state index is 11.1. The summed E-state index contributed by atoms with van der Waals surface area (Å²) < 4.78 is 0. The van der Waals surface area contributed by atoms with Crippen molar-refractivity contribution in [2.75, 3.05) is 6.54 Å². The number of hydrogen-bond donors (Lipinski definition) is 3. The summed E-state index contributed by atoms with van der Waals surface area (Å²) in [6.07, 6.45) is 2.58. The van der Waals surface area contributed by atoms with E-state index in [1.54, 1.807) is 12.1 Å². The number of nitrogens with one attached hydrogen (secondary N) is 2. The Bertz CT molecular complexity index is 403. The van der Waals surface area contributed by atoms with Crippen molar-refractivity contribution in [2.45, 2.75) is 38.3 Å². The zero-order valence-corrected chi connectivity index (χ0v) is 10.6. The largest absolute Gasteiger partial charge is 0.508 e. The summed E-state index contributed by atoms with van der Waals surface area (Å²) in [5, 5.41) is 15.5. The molecule has 1 heterocycles. The van der Waals surface area contributed by atoms with Crippen molar-refractivity contribution in [2.24, 2.45) is 0 Å². The molecule has 18 heavy (non-hydrogen) atoms. The first-order valence-corrected chi connectivity index (χ1v) is 6.44. The number of rotatable bonds is 5. The minimum atomic E-state index is 0.137. The van der Waals surface area contributed by atoms with E-state index in [0.717, 1.165) is 19.4 Å². The van der Waals surface area contributed by atoms with Crippen molar-refractivity contribution in [3.05, 3.63) is 29.8 Å². The molecule has 2 atom stereocenters. The smallest absolute Gasteiger partial charge is 0.221 e. The molecule has 1 fully saturated rings. The molecule has 4 heteroatoms. The van der Waals surface area contributed by atoms with Crippen molar-refractivity contribution < 1.29 is 9.90 Å². The van der Waals surface area contributed by atoms with Gasteiger partial charge in [-0.25, -0.2) is 0 Å². The molecule has 0 spiro atoms. The zero-order valence-electron chi connectivity index (χ0n) is 10.6. The Morgan fingerprint density at radius 3 is 2.78 bits per heavy atom. The van der Waals surface area contributed by atoms with Crippen LogP contribution in [-0.4, -0.2) is 29.6 Å². The van der Waals surface area contributed by atoms with Crippen LogP contribution in [-0.2, 0) is 11.2 Å². The molecule has 2 unspecified atom stereocenters. The van der Waals surface area contributed by atoms with Crippen LogP contribution in [0.15, 0.2) is 24.3 Å². The summed E-state index contributed by atoms with van der Waals surface area (Å²) in [5.74, 6) is 0.443.